The molecule has 0 radical (unpaired) electrons. The molecule has 0 saturated heterocycles. The summed E-state index contributed by atoms with van der Waals surface area (Å²) >= 11 is 0. The van der Waals surface area contributed by atoms with Crippen molar-refractivity contribution in [1.82, 2.24) is 4.90 Å². The summed E-state index contributed by atoms with van der Waals surface area (Å²) in [7, 11) is 3.94. The van der Waals surface area contributed by atoms with Gasteiger partial charge in [-0.25, -0.2) is 0 Å². The van der Waals surface area contributed by atoms with Crippen molar-refractivity contribution in [2.75, 3.05) is 33.9 Å². The molecular weight excluding hydrogens is 334 g/mol. The van der Waals surface area contributed by atoms with Crippen LogP contribution in [0.3, 0.4) is 0 Å². The van der Waals surface area contributed by atoms with Gasteiger partial charge in [0, 0.05) is 12.5 Å². The molecule has 0 bridgehead atoms. The summed E-state index contributed by atoms with van der Waals surface area (Å²) in [6.07, 6.45) is 2.14. The molecule has 2 aliphatic heterocycles. The molecule has 6 nitrogen and oxygen atoms in total. The number of fused-ring (bicyclic) bond motifs is 2. The van der Waals surface area contributed by atoms with E-state index in [2.05, 4.69) is 0 Å². The predicted molar refractivity (Wildman–Crippen MR) is 96.1 cm³/mol. The van der Waals surface area contributed by atoms with Gasteiger partial charge in [0.1, 0.15) is 19.3 Å². The van der Waals surface area contributed by atoms with Crippen LogP contribution >= 0.6 is 0 Å². The third kappa shape index (κ3) is 3.08. The van der Waals surface area contributed by atoms with Crippen LogP contribution < -0.4 is 9.47 Å². The normalized spacial score (nSPS) is 30.5. The molecule has 6 heteroatoms. The summed E-state index contributed by atoms with van der Waals surface area (Å²) in [6, 6.07) is 5.55. The number of benzene rings is 1. The van der Waals surface area contributed by atoms with Crippen LogP contribution in [0.1, 0.15) is 18.4 Å². The summed E-state index contributed by atoms with van der Waals surface area (Å²) < 4.78 is 17.2. The Hall–Kier alpha value is -2.05. The van der Waals surface area contributed by atoms with E-state index in [1.165, 1.54) is 0 Å². The standard InChI is InChI=1S/C20H25NO5/c1-21(2)10-14-16(22)5-4-13-19(23)15(11-26-20(13)14)12-3-6-17-18(9-12)25-8-7-24-17/h3,6,9,11,13-14,16,20,22H,4-5,7-8,10H2,1-2H3. The van der Waals surface area contributed by atoms with E-state index in [0.717, 1.165) is 5.56 Å². The van der Waals surface area contributed by atoms with Crippen LogP contribution in [0.4, 0.5) is 0 Å². The second-order valence-corrected chi connectivity index (χ2v) is 7.53. The Bertz CT molecular complexity index is 729. The van der Waals surface area contributed by atoms with Gasteiger partial charge in [-0.15, -0.1) is 0 Å². The van der Waals surface area contributed by atoms with Gasteiger partial charge in [0.05, 0.1) is 23.9 Å². The smallest absolute Gasteiger partial charge is 0.173 e. The minimum atomic E-state index is -0.435. The quantitative estimate of drug-likeness (QED) is 0.886. The first-order valence-electron chi connectivity index (χ1n) is 9.17. The Kier molecular flexibility index (Phi) is 4.63. The van der Waals surface area contributed by atoms with Crippen LogP contribution in [0.15, 0.2) is 24.5 Å². The van der Waals surface area contributed by atoms with Gasteiger partial charge in [-0.3, -0.25) is 4.79 Å². The lowest BCUT2D eigenvalue weighted by molar-refractivity contribution is -0.133. The van der Waals surface area contributed by atoms with Gasteiger partial charge in [-0.1, -0.05) is 6.07 Å². The Balaban J connectivity index is 1.61. The molecule has 1 fully saturated rings. The van der Waals surface area contributed by atoms with Crippen LogP contribution in [0, 0.1) is 11.8 Å². The highest BCUT2D eigenvalue weighted by Gasteiger charge is 2.46. The number of Topliss-reactive ketones (excluding diaryl/α,β-unsaturated/α-hetero) is 1. The third-order valence-electron chi connectivity index (χ3n) is 5.46. The first-order valence-corrected chi connectivity index (χ1v) is 9.17. The van der Waals surface area contributed by atoms with Crippen LogP contribution in [-0.2, 0) is 9.53 Å². The maximum atomic E-state index is 13.2. The molecule has 1 N–H and O–H groups in total. The van der Waals surface area contributed by atoms with Crippen LogP contribution in [0.5, 0.6) is 11.5 Å². The van der Waals surface area contributed by atoms with Gasteiger partial charge in [0.2, 0.25) is 0 Å². The molecule has 4 unspecified atom stereocenters. The molecule has 0 amide bonds. The zero-order valence-corrected chi connectivity index (χ0v) is 15.2. The zero-order valence-electron chi connectivity index (χ0n) is 15.2. The van der Waals surface area contributed by atoms with Gasteiger partial charge in [0.25, 0.3) is 0 Å². The molecule has 3 aliphatic rings. The van der Waals surface area contributed by atoms with E-state index >= 15 is 0 Å². The number of aliphatic hydroxyl groups excluding tert-OH is 1. The van der Waals surface area contributed by atoms with E-state index in [1.807, 2.05) is 37.2 Å². The first-order chi connectivity index (χ1) is 12.5. The molecule has 1 aromatic rings. The number of carbonyl (C=O) groups excluding carboxylic acids is 1. The predicted octanol–water partition coefficient (Wildman–Crippen LogP) is 1.72. The minimum absolute atomic E-state index is 0.0641. The molecule has 1 saturated carbocycles. The molecular formula is C20H25NO5. The number of nitrogens with zero attached hydrogens (tertiary/aromatic N) is 1. The number of rotatable bonds is 3. The van der Waals surface area contributed by atoms with Gasteiger partial charge >= 0.3 is 0 Å². The maximum absolute atomic E-state index is 13.2. The van der Waals surface area contributed by atoms with Gasteiger partial charge in [-0.05, 0) is 44.6 Å². The van der Waals surface area contributed by atoms with E-state index in [1.54, 1.807) is 6.26 Å². The molecule has 2 heterocycles. The van der Waals surface area contributed by atoms with Gasteiger partial charge < -0.3 is 24.2 Å². The average Bonchev–Trinajstić information content (AvgIpc) is 2.64. The van der Waals surface area contributed by atoms with Crippen molar-refractivity contribution in [2.24, 2.45) is 11.8 Å². The summed E-state index contributed by atoms with van der Waals surface area (Å²) in [5, 5.41) is 10.4. The largest absolute Gasteiger partial charge is 0.496 e. The van der Waals surface area contributed by atoms with Crippen molar-refractivity contribution in [3.05, 3.63) is 30.0 Å². The monoisotopic (exact) mass is 359 g/mol. The zero-order chi connectivity index (χ0) is 18.3. The summed E-state index contributed by atoms with van der Waals surface area (Å²) in [6.45, 7) is 1.74. The average molecular weight is 359 g/mol. The number of carbonyl (C=O) groups is 1. The number of aliphatic hydroxyl groups is 1. The van der Waals surface area contributed by atoms with E-state index in [9.17, 15) is 9.90 Å². The van der Waals surface area contributed by atoms with Crippen molar-refractivity contribution < 1.29 is 24.1 Å². The fraction of sp³-hybridized carbons (Fsp3) is 0.550. The Labute approximate surface area is 153 Å². The van der Waals surface area contributed by atoms with E-state index in [4.69, 9.17) is 14.2 Å². The number of ether oxygens (including phenoxy) is 3. The lowest BCUT2D eigenvalue weighted by Gasteiger charge is -2.43. The van der Waals surface area contributed by atoms with Crippen molar-refractivity contribution >= 4 is 11.4 Å². The Morgan fingerprint density at radius 3 is 2.69 bits per heavy atom. The minimum Gasteiger partial charge on any atom is -0.496 e. The Morgan fingerprint density at radius 1 is 1.15 bits per heavy atom. The lowest BCUT2D eigenvalue weighted by Crippen LogP contribution is -2.51. The number of hydrogen-bond acceptors (Lipinski definition) is 6. The van der Waals surface area contributed by atoms with Crippen molar-refractivity contribution in [3.63, 3.8) is 0 Å². The molecule has 4 rings (SSSR count). The second kappa shape index (κ2) is 6.93. The molecule has 4 atom stereocenters. The highest BCUT2D eigenvalue weighted by atomic mass is 16.6. The topological polar surface area (TPSA) is 68.2 Å². The fourth-order valence-corrected chi connectivity index (χ4v) is 4.19. The SMILES string of the molecule is CN(C)CC1C(O)CCC2C(=O)C(c3ccc4c(c3)OCCO4)=COC21. The fourth-order valence-electron chi connectivity index (χ4n) is 4.19. The van der Waals surface area contributed by atoms with Crippen molar-refractivity contribution in [3.8, 4) is 11.5 Å². The molecule has 1 aliphatic carbocycles. The van der Waals surface area contributed by atoms with Crippen LogP contribution in [0.25, 0.3) is 5.57 Å². The van der Waals surface area contributed by atoms with Crippen LogP contribution in [0.2, 0.25) is 0 Å². The summed E-state index contributed by atoms with van der Waals surface area (Å²) in [5.41, 5.74) is 1.36. The van der Waals surface area contributed by atoms with Crippen molar-refractivity contribution in [2.45, 2.75) is 25.0 Å². The third-order valence-corrected chi connectivity index (χ3v) is 5.46. The van der Waals surface area contributed by atoms with E-state index in [-0.39, 0.29) is 23.7 Å². The molecule has 0 aromatic heterocycles. The van der Waals surface area contributed by atoms with E-state index < -0.39 is 6.10 Å². The van der Waals surface area contributed by atoms with Gasteiger partial charge in [0.15, 0.2) is 17.3 Å². The lowest BCUT2D eigenvalue weighted by atomic mass is 9.72. The van der Waals surface area contributed by atoms with Gasteiger partial charge in [-0.2, -0.15) is 0 Å². The summed E-state index contributed by atoms with van der Waals surface area (Å²) in [5.74, 6) is 1.18. The molecule has 0 spiro atoms. The Morgan fingerprint density at radius 2 is 1.92 bits per heavy atom. The molecule has 1 aromatic carbocycles. The first kappa shape index (κ1) is 17.4. The molecule has 26 heavy (non-hydrogen) atoms. The van der Waals surface area contributed by atoms with E-state index in [0.29, 0.717) is 49.7 Å². The maximum Gasteiger partial charge on any atom is 0.173 e. The number of ketones is 1. The highest BCUT2D eigenvalue weighted by Crippen LogP contribution is 2.41. The second-order valence-electron chi connectivity index (χ2n) is 7.53. The number of allylic oxidation sites excluding steroid dienone is 1. The summed E-state index contributed by atoms with van der Waals surface area (Å²) in [4.78, 5) is 15.2. The number of hydrogen-bond donors (Lipinski definition) is 1. The van der Waals surface area contributed by atoms with Crippen LogP contribution in [-0.4, -0.2) is 61.9 Å². The molecule has 140 valence electrons. The highest BCUT2D eigenvalue weighted by molar-refractivity contribution is 6.22. The van der Waals surface area contributed by atoms with Crippen molar-refractivity contribution in [1.29, 1.82) is 0 Å².